The summed E-state index contributed by atoms with van der Waals surface area (Å²) in [5.41, 5.74) is 3.66. The van der Waals surface area contributed by atoms with Crippen LogP contribution >= 0.6 is 15.9 Å². The van der Waals surface area contributed by atoms with Crippen molar-refractivity contribution >= 4 is 27.5 Å². The summed E-state index contributed by atoms with van der Waals surface area (Å²) in [7, 11) is 1.60. The zero-order valence-corrected chi connectivity index (χ0v) is 14.0. The minimum atomic E-state index is -0.113. The molecule has 21 heavy (non-hydrogen) atoms. The third-order valence-corrected chi connectivity index (χ3v) is 3.81. The normalized spacial score (nSPS) is 10.3. The largest absolute Gasteiger partial charge is 0.497 e. The van der Waals surface area contributed by atoms with Crippen LogP contribution in [-0.2, 0) is 6.42 Å². The molecule has 2 aromatic rings. The second-order valence-electron chi connectivity index (χ2n) is 4.79. The molecule has 0 aliphatic rings. The number of methoxy groups -OCH3 is 1. The number of hydrogen-bond acceptors (Lipinski definition) is 2. The summed E-state index contributed by atoms with van der Waals surface area (Å²) in [5.74, 6) is 0.624. The summed E-state index contributed by atoms with van der Waals surface area (Å²) < 4.78 is 6.13. The Kier molecular flexibility index (Phi) is 5.02. The van der Waals surface area contributed by atoms with Gasteiger partial charge in [-0.05, 0) is 60.9 Å². The van der Waals surface area contributed by atoms with Crippen LogP contribution in [0.25, 0.3) is 0 Å². The molecule has 0 aliphatic heterocycles. The molecule has 3 nitrogen and oxygen atoms in total. The van der Waals surface area contributed by atoms with Crippen molar-refractivity contribution in [2.24, 2.45) is 0 Å². The van der Waals surface area contributed by atoms with Gasteiger partial charge in [-0.3, -0.25) is 4.79 Å². The highest BCUT2D eigenvalue weighted by Crippen LogP contribution is 2.27. The fourth-order valence-electron chi connectivity index (χ4n) is 2.20. The van der Waals surface area contributed by atoms with Gasteiger partial charge in [-0.15, -0.1) is 0 Å². The summed E-state index contributed by atoms with van der Waals surface area (Å²) in [4.78, 5) is 12.4. The molecule has 110 valence electrons. The number of amides is 1. The molecule has 2 aromatic carbocycles. The van der Waals surface area contributed by atoms with Gasteiger partial charge in [0.2, 0.25) is 0 Å². The number of benzene rings is 2. The highest BCUT2D eigenvalue weighted by Gasteiger charge is 2.11. The Labute approximate surface area is 133 Å². The van der Waals surface area contributed by atoms with E-state index in [4.69, 9.17) is 4.74 Å². The molecule has 0 spiro atoms. The van der Waals surface area contributed by atoms with Crippen LogP contribution in [-0.4, -0.2) is 13.0 Å². The maximum atomic E-state index is 12.4. The first-order valence-electron chi connectivity index (χ1n) is 6.79. The van der Waals surface area contributed by atoms with E-state index >= 15 is 0 Å². The molecule has 0 aliphatic carbocycles. The van der Waals surface area contributed by atoms with Crippen LogP contribution in [0.5, 0.6) is 5.75 Å². The molecule has 1 amide bonds. The Hall–Kier alpha value is -1.81. The number of carbonyl (C=O) groups excluding carboxylic acids is 1. The number of carbonyl (C=O) groups is 1. The van der Waals surface area contributed by atoms with E-state index < -0.39 is 0 Å². The Morgan fingerprint density at radius 1 is 1.24 bits per heavy atom. The first kappa shape index (κ1) is 15.6. The van der Waals surface area contributed by atoms with Crippen LogP contribution in [0, 0.1) is 6.92 Å². The highest BCUT2D eigenvalue weighted by molar-refractivity contribution is 9.10. The van der Waals surface area contributed by atoms with Crippen LogP contribution in [0.2, 0.25) is 0 Å². The fraction of sp³-hybridized carbons (Fsp3) is 0.235. The van der Waals surface area contributed by atoms with Gasteiger partial charge in [-0.1, -0.05) is 22.9 Å². The lowest BCUT2D eigenvalue weighted by Gasteiger charge is -2.14. The van der Waals surface area contributed by atoms with Crippen molar-refractivity contribution in [1.82, 2.24) is 0 Å². The summed E-state index contributed by atoms with van der Waals surface area (Å²) in [6, 6.07) is 11.1. The Morgan fingerprint density at radius 2 is 1.90 bits per heavy atom. The predicted molar refractivity (Wildman–Crippen MR) is 89.2 cm³/mol. The number of rotatable bonds is 4. The first-order valence-corrected chi connectivity index (χ1v) is 7.59. The van der Waals surface area contributed by atoms with Crippen molar-refractivity contribution < 1.29 is 9.53 Å². The van der Waals surface area contributed by atoms with E-state index in [-0.39, 0.29) is 5.91 Å². The lowest BCUT2D eigenvalue weighted by molar-refractivity contribution is 0.102. The van der Waals surface area contributed by atoms with E-state index in [1.807, 2.05) is 19.1 Å². The zero-order chi connectivity index (χ0) is 15.4. The van der Waals surface area contributed by atoms with Gasteiger partial charge in [0.05, 0.1) is 7.11 Å². The first-order chi connectivity index (χ1) is 10.0. The van der Waals surface area contributed by atoms with Crippen LogP contribution in [0.1, 0.15) is 28.4 Å². The third kappa shape index (κ3) is 3.64. The molecule has 0 heterocycles. The molecule has 0 radical (unpaired) electrons. The van der Waals surface area contributed by atoms with Gasteiger partial charge >= 0.3 is 0 Å². The number of anilines is 1. The molecule has 4 heteroatoms. The number of hydrogen-bond donors (Lipinski definition) is 1. The minimum Gasteiger partial charge on any atom is -0.497 e. The molecular weight excluding hydrogens is 330 g/mol. The standard InChI is InChI=1S/C17H18BrNO2/c1-4-12-10-14(18)9-11(2)16(12)19-17(20)13-5-7-15(21-3)8-6-13/h5-10H,4H2,1-3H3,(H,19,20). The average Bonchev–Trinajstić information content (AvgIpc) is 2.49. The van der Waals surface area contributed by atoms with Crippen molar-refractivity contribution in [3.63, 3.8) is 0 Å². The second-order valence-corrected chi connectivity index (χ2v) is 5.71. The SMILES string of the molecule is CCc1cc(Br)cc(C)c1NC(=O)c1ccc(OC)cc1. The highest BCUT2D eigenvalue weighted by atomic mass is 79.9. The zero-order valence-electron chi connectivity index (χ0n) is 12.4. The van der Waals surface area contributed by atoms with E-state index in [1.165, 1.54) is 0 Å². The van der Waals surface area contributed by atoms with Gasteiger partial charge in [0.25, 0.3) is 5.91 Å². The summed E-state index contributed by atoms with van der Waals surface area (Å²) in [6.45, 7) is 4.07. The molecule has 0 saturated carbocycles. The van der Waals surface area contributed by atoms with Gasteiger partial charge in [0, 0.05) is 15.7 Å². The van der Waals surface area contributed by atoms with Crippen LogP contribution in [0.4, 0.5) is 5.69 Å². The maximum Gasteiger partial charge on any atom is 0.255 e. The summed E-state index contributed by atoms with van der Waals surface area (Å²) in [6.07, 6.45) is 0.860. The van der Waals surface area contributed by atoms with E-state index in [0.29, 0.717) is 5.56 Å². The molecular formula is C17H18BrNO2. The van der Waals surface area contributed by atoms with Gasteiger partial charge in [0.15, 0.2) is 0 Å². The molecule has 0 saturated heterocycles. The average molecular weight is 348 g/mol. The van der Waals surface area contributed by atoms with Gasteiger partial charge < -0.3 is 10.1 Å². The van der Waals surface area contributed by atoms with Gasteiger partial charge in [-0.25, -0.2) is 0 Å². The van der Waals surface area contributed by atoms with E-state index in [2.05, 4.69) is 28.2 Å². The maximum absolute atomic E-state index is 12.4. The molecule has 0 fully saturated rings. The smallest absolute Gasteiger partial charge is 0.255 e. The molecule has 1 N–H and O–H groups in total. The van der Waals surface area contributed by atoms with Crippen LogP contribution in [0.3, 0.4) is 0 Å². The van der Waals surface area contributed by atoms with E-state index in [1.54, 1.807) is 31.4 Å². The number of ether oxygens (including phenoxy) is 1. The predicted octanol–water partition coefficient (Wildman–Crippen LogP) is 4.58. The number of halogens is 1. The van der Waals surface area contributed by atoms with Crippen molar-refractivity contribution in [1.29, 1.82) is 0 Å². The van der Waals surface area contributed by atoms with Crippen LogP contribution < -0.4 is 10.1 Å². The second kappa shape index (κ2) is 6.76. The van der Waals surface area contributed by atoms with E-state index in [0.717, 1.165) is 33.5 Å². The third-order valence-electron chi connectivity index (χ3n) is 3.35. The Balaban J connectivity index is 2.26. The van der Waals surface area contributed by atoms with Gasteiger partial charge in [-0.2, -0.15) is 0 Å². The lowest BCUT2D eigenvalue weighted by atomic mass is 10.1. The topological polar surface area (TPSA) is 38.3 Å². The quantitative estimate of drug-likeness (QED) is 0.878. The fourth-order valence-corrected chi connectivity index (χ4v) is 2.82. The van der Waals surface area contributed by atoms with E-state index in [9.17, 15) is 4.79 Å². The summed E-state index contributed by atoms with van der Waals surface area (Å²) in [5, 5.41) is 3.01. The van der Waals surface area contributed by atoms with Crippen molar-refractivity contribution in [3.05, 3.63) is 57.6 Å². The van der Waals surface area contributed by atoms with Crippen molar-refractivity contribution in [2.75, 3.05) is 12.4 Å². The van der Waals surface area contributed by atoms with Crippen LogP contribution in [0.15, 0.2) is 40.9 Å². The summed E-state index contributed by atoms with van der Waals surface area (Å²) >= 11 is 3.49. The molecule has 0 unspecified atom stereocenters. The van der Waals surface area contributed by atoms with Crippen molar-refractivity contribution in [3.8, 4) is 5.75 Å². The van der Waals surface area contributed by atoms with Crippen molar-refractivity contribution in [2.45, 2.75) is 20.3 Å². The minimum absolute atomic E-state index is 0.113. The number of aryl methyl sites for hydroxylation is 2. The Morgan fingerprint density at radius 3 is 2.48 bits per heavy atom. The molecule has 2 rings (SSSR count). The molecule has 0 atom stereocenters. The Bertz CT molecular complexity index is 651. The number of nitrogens with one attached hydrogen (secondary N) is 1. The molecule has 0 aromatic heterocycles. The van der Waals surface area contributed by atoms with Gasteiger partial charge in [0.1, 0.15) is 5.75 Å². The monoisotopic (exact) mass is 347 g/mol. The lowest BCUT2D eigenvalue weighted by Crippen LogP contribution is -2.14. The molecule has 0 bridgehead atoms.